The fraction of sp³-hybridized carbons (Fsp3) is 0.391. The van der Waals surface area contributed by atoms with Gasteiger partial charge in [-0.1, -0.05) is 56.8 Å². The van der Waals surface area contributed by atoms with Crippen molar-refractivity contribution < 1.29 is 18.7 Å². The van der Waals surface area contributed by atoms with E-state index >= 15 is 0 Å². The van der Waals surface area contributed by atoms with Gasteiger partial charge in [-0.3, -0.25) is 14.2 Å². The number of nitrogens with zero attached hydrogens (tertiary/aromatic N) is 3. The first-order valence-electron chi connectivity index (χ1n) is 10.4. The van der Waals surface area contributed by atoms with Gasteiger partial charge in [0.1, 0.15) is 12.3 Å². The van der Waals surface area contributed by atoms with E-state index in [0.29, 0.717) is 17.5 Å². The van der Waals surface area contributed by atoms with Gasteiger partial charge >= 0.3 is 5.97 Å². The number of benzene rings is 1. The average Bonchev–Trinajstić information content (AvgIpc) is 3.41. The monoisotopic (exact) mass is 456 g/mol. The largest absolute Gasteiger partial charge is 0.467 e. The van der Waals surface area contributed by atoms with Crippen molar-refractivity contribution in [3.63, 3.8) is 0 Å². The molecule has 1 N–H and O–H groups in total. The number of carbonyl (C=O) groups excluding carboxylic acids is 2. The van der Waals surface area contributed by atoms with Crippen molar-refractivity contribution in [3.8, 4) is 11.4 Å². The fourth-order valence-electron chi connectivity index (χ4n) is 2.99. The van der Waals surface area contributed by atoms with Crippen LogP contribution in [-0.2, 0) is 26.3 Å². The molecule has 0 fully saturated rings. The maximum Gasteiger partial charge on any atom is 0.325 e. The first-order chi connectivity index (χ1) is 15.3. The maximum absolute atomic E-state index is 12.1. The summed E-state index contributed by atoms with van der Waals surface area (Å²) in [6.07, 6.45) is 1.62. The normalized spacial score (nSPS) is 11.4. The third kappa shape index (κ3) is 6.23. The highest BCUT2D eigenvalue weighted by Crippen LogP contribution is 2.28. The lowest BCUT2D eigenvalue weighted by atomic mass is 9.87. The predicted octanol–water partition coefficient (Wildman–Crippen LogP) is 3.66. The number of amides is 1. The second-order valence-corrected chi connectivity index (χ2v) is 9.11. The van der Waals surface area contributed by atoms with E-state index in [2.05, 4.69) is 48.4 Å². The summed E-state index contributed by atoms with van der Waals surface area (Å²) in [6.45, 7) is 8.78. The lowest BCUT2D eigenvalue weighted by molar-refractivity contribution is -0.143. The van der Waals surface area contributed by atoms with Crippen LogP contribution < -0.4 is 5.32 Å². The molecular formula is C23H28N4O4S. The Kier molecular flexibility index (Phi) is 7.74. The van der Waals surface area contributed by atoms with Crippen molar-refractivity contribution in [2.24, 2.45) is 0 Å². The molecule has 8 nitrogen and oxygen atoms in total. The molecule has 0 aliphatic rings. The number of carbonyl (C=O) groups is 2. The van der Waals surface area contributed by atoms with Crippen LogP contribution in [0.2, 0.25) is 0 Å². The summed E-state index contributed by atoms with van der Waals surface area (Å²) in [6, 6.07) is 12.0. The number of aromatic nitrogens is 3. The van der Waals surface area contributed by atoms with Crippen molar-refractivity contribution in [1.29, 1.82) is 0 Å². The van der Waals surface area contributed by atoms with E-state index in [4.69, 9.17) is 9.15 Å². The van der Waals surface area contributed by atoms with Crippen molar-refractivity contribution in [2.45, 2.75) is 44.8 Å². The SMILES string of the molecule is CCOC(=O)CNC(=O)CSc1nnc(-c2ccc(C(C)(C)C)cc2)n1Cc1ccco1. The van der Waals surface area contributed by atoms with Gasteiger partial charge in [0.15, 0.2) is 11.0 Å². The van der Waals surface area contributed by atoms with Crippen LogP contribution in [0.15, 0.2) is 52.2 Å². The molecule has 0 saturated carbocycles. The van der Waals surface area contributed by atoms with Crippen LogP contribution in [0.5, 0.6) is 0 Å². The predicted molar refractivity (Wildman–Crippen MR) is 122 cm³/mol. The number of nitrogens with one attached hydrogen (secondary N) is 1. The Hall–Kier alpha value is -3.07. The van der Waals surface area contributed by atoms with Gasteiger partial charge in [-0.2, -0.15) is 0 Å². The number of hydrogen-bond acceptors (Lipinski definition) is 7. The molecule has 0 aliphatic carbocycles. The zero-order chi connectivity index (χ0) is 23.1. The number of hydrogen-bond donors (Lipinski definition) is 1. The standard InChI is InChI=1S/C23H28N4O4S/c1-5-30-20(29)13-24-19(28)15-32-22-26-25-21(27(22)14-18-7-6-12-31-18)16-8-10-17(11-9-16)23(2,3)4/h6-12H,5,13-15H2,1-4H3,(H,24,28). The van der Waals surface area contributed by atoms with E-state index in [-0.39, 0.29) is 30.2 Å². The number of rotatable bonds is 9. The summed E-state index contributed by atoms with van der Waals surface area (Å²) < 4.78 is 12.3. The van der Waals surface area contributed by atoms with Gasteiger partial charge in [-0.15, -0.1) is 10.2 Å². The number of thioether (sulfide) groups is 1. The van der Waals surface area contributed by atoms with Gasteiger partial charge in [-0.25, -0.2) is 0 Å². The first kappa shape index (κ1) is 23.6. The molecule has 1 aromatic carbocycles. The van der Waals surface area contributed by atoms with Gasteiger partial charge in [0.25, 0.3) is 0 Å². The molecule has 0 atom stereocenters. The highest BCUT2D eigenvalue weighted by Gasteiger charge is 2.19. The molecule has 0 unspecified atom stereocenters. The highest BCUT2D eigenvalue weighted by molar-refractivity contribution is 7.99. The molecular weight excluding hydrogens is 428 g/mol. The van der Waals surface area contributed by atoms with Crippen molar-refractivity contribution in [3.05, 3.63) is 54.0 Å². The molecule has 0 spiro atoms. The minimum absolute atomic E-state index is 0.0539. The van der Waals surface area contributed by atoms with Crippen LogP contribution in [0.3, 0.4) is 0 Å². The fourth-order valence-corrected chi connectivity index (χ4v) is 3.76. The summed E-state index contributed by atoms with van der Waals surface area (Å²) in [5, 5.41) is 11.8. The first-order valence-corrected chi connectivity index (χ1v) is 11.4. The average molecular weight is 457 g/mol. The van der Waals surface area contributed by atoms with Crippen molar-refractivity contribution in [2.75, 3.05) is 18.9 Å². The molecule has 0 radical (unpaired) electrons. The Morgan fingerprint density at radius 2 is 1.91 bits per heavy atom. The van der Waals surface area contributed by atoms with E-state index in [9.17, 15) is 9.59 Å². The summed E-state index contributed by atoms with van der Waals surface area (Å²) in [7, 11) is 0. The van der Waals surface area contributed by atoms with Crippen molar-refractivity contribution in [1.82, 2.24) is 20.1 Å². The molecule has 1 amide bonds. The molecule has 0 saturated heterocycles. The molecule has 9 heteroatoms. The maximum atomic E-state index is 12.1. The number of ether oxygens (including phenoxy) is 1. The molecule has 170 valence electrons. The zero-order valence-corrected chi connectivity index (χ0v) is 19.6. The summed E-state index contributed by atoms with van der Waals surface area (Å²) in [5.41, 5.74) is 2.21. The van der Waals surface area contributed by atoms with E-state index in [1.165, 1.54) is 17.3 Å². The number of esters is 1. The second kappa shape index (κ2) is 10.5. The molecule has 2 aromatic heterocycles. The third-order valence-electron chi connectivity index (χ3n) is 4.69. The van der Waals surface area contributed by atoms with Crippen LogP contribution in [0.25, 0.3) is 11.4 Å². The van der Waals surface area contributed by atoms with E-state index in [0.717, 1.165) is 11.3 Å². The highest BCUT2D eigenvalue weighted by atomic mass is 32.2. The van der Waals surface area contributed by atoms with Gasteiger partial charge in [-0.05, 0) is 30.0 Å². The van der Waals surface area contributed by atoms with Gasteiger partial charge in [0.2, 0.25) is 5.91 Å². The van der Waals surface area contributed by atoms with Gasteiger partial charge < -0.3 is 14.5 Å². The van der Waals surface area contributed by atoms with E-state index in [1.54, 1.807) is 13.2 Å². The third-order valence-corrected chi connectivity index (χ3v) is 5.65. The van der Waals surface area contributed by atoms with Crippen LogP contribution >= 0.6 is 11.8 Å². The Labute approximate surface area is 191 Å². The Bertz CT molecular complexity index is 1040. The lowest BCUT2D eigenvalue weighted by Gasteiger charge is -2.19. The molecule has 2 heterocycles. The second-order valence-electron chi connectivity index (χ2n) is 8.17. The van der Waals surface area contributed by atoms with Crippen LogP contribution in [-0.4, -0.2) is 45.5 Å². The zero-order valence-electron chi connectivity index (χ0n) is 18.8. The van der Waals surface area contributed by atoms with Crippen LogP contribution in [0, 0.1) is 0 Å². The molecule has 3 aromatic rings. The van der Waals surface area contributed by atoms with Gasteiger partial charge in [0.05, 0.1) is 25.2 Å². The molecule has 32 heavy (non-hydrogen) atoms. The Morgan fingerprint density at radius 1 is 1.16 bits per heavy atom. The molecule has 0 aliphatic heterocycles. The minimum atomic E-state index is -0.465. The molecule has 0 bridgehead atoms. The minimum Gasteiger partial charge on any atom is -0.467 e. The molecule has 3 rings (SSSR count). The summed E-state index contributed by atoms with van der Waals surface area (Å²) in [4.78, 5) is 23.6. The van der Waals surface area contributed by atoms with Crippen LogP contribution in [0.4, 0.5) is 0 Å². The smallest absolute Gasteiger partial charge is 0.325 e. The van der Waals surface area contributed by atoms with E-state index in [1.807, 2.05) is 28.8 Å². The Balaban J connectivity index is 1.77. The Morgan fingerprint density at radius 3 is 2.53 bits per heavy atom. The quantitative estimate of drug-likeness (QED) is 0.387. The summed E-state index contributed by atoms with van der Waals surface area (Å²) >= 11 is 1.25. The lowest BCUT2D eigenvalue weighted by Crippen LogP contribution is -2.31. The number of furan rings is 1. The topological polar surface area (TPSA) is 99.2 Å². The van der Waals surface area contributed by atoms with Crippen LogP contribution in [0.1, 0.15) is 39.0 Å². The van der Waals surface area contributed by atoms with Gasteiger partial charge in [0, 0.05) is 5.56 Å². The summed E-state index contributed by atoms with van der Waals surface area (Å²) in [5.74, 6) is 0.792. The van der Waals surface area contributed by atoms with E-state index < -0.39 is 5.97 Å². The van der Waals surface area contributed by atoms with Crippen molar-refractivity contribution >= 4 is 23.6 Å².